The molecule has 0 unspecified atom stereocenters. The summed E-state index contributed by atoms with van der Waals surface area (Å²) in [5, 5.41) is 3.75. The highest BCUT2D eigenvalue weighted by atomic mass is 19.4. The molecule has 0 aliphatic carbocycles. The average molecular weight is 341 g/mol. The molecule has 0 bridgehead atoms. The molecule has 0 atom stereocenters. The summed E-state index contributed by atoms with van der Waals surface area (Å²) in [5.74, 6) is 0.631. The molecule has 0 fully saturated rings. The first kappa shape index (κ1) is 18.3. The first-order valence-electron chi connectivity index (χ1n) is 8.02. The van der Waals surface area contributed by atoms with Crippen molar-refractivity contribution in [3.63, 3.8) is 0 Å². The van der Waals surface area contributed by atoms with E-state index in [1.807, 2.05) is 0 Å². The van der Waals surface area contributed by atoms with Crippen molar-refractivity contribution in [3.8, 4) is 11.4 Å². The van der Waals surface area contributed by atoms with Crippen LogP contribution in [0.15, 0.2) is 36.5 Å². The summed E-state index contributed by atoms with van der Waals surface area (Å²) >= 11 is 0. The fourth-order valence-electron chi connectivity index (χ4n) is 2.44. The highest BCUT2D eigenvalue weighted by Crippen LogP contribution is 2.30. The van der Waals surface area contributed by atoms with Crippen molar-refractivity contribution in [1.29, 1.82) is 0 Å². The van der Waals surface area contributed by atoms with E-state index in [4.69, 9.17) is 4.74 Å². The fraction of sp³-hybridized carbons (Fsp3) is 0.471. The van der Waals surface area contributed by atoms with Gasteiger partial charge in [-0.25, -0.2) is 4.68 Å². The van der Waals surface area contributed by atoms with Gasteiger partial charge in [-0.3, -0.25) is 0 Å². The Kier molecular flexibility index (Phi) is 6.25. The Balaban J connectivity index is 1.98. The van der Waals surface area contributed by atoms with Crippen LogP contribution in [0.3, 0.4) is 0 Å². The molecule has 0 saturated heterocycles. The van der Waals surface area contributed by atoms with Crippen molar-refractivity contribution in [2.45, 2.75) is 26.4 Å². The van der Waals surface area contributed by atoms with Gasteiger partial charge in [0.15, 0.2) is 0 Å². The van der Waals surface area contributed by atoms with Crippen LogP contribution >= 0.6 is 0 Å². The number of alkyl halides is 3. The Morgan fingerprint density at radius 3 is 2.38 bits per heavy atom. The molecule has 0 aliphatic rings. The zero-order valence-corrected chi connectivity index (χ0v) is 13.9. The lowest BCUT2D eigenvalue weighted by atomic mass is 10.3. The van der Waals surface area contributed by atoms with E-state index >= 15 is 0 Å². The third-order valence-electron chi connectivity index (χ3n) is 3.68. The van der Waals surface area contributed by atoms with Gasteiger partial charge in [-0.15, -0.1) is 0 Å². The van der Waals surface area contributed by atoms with Gasteiger partial charge in [-0.05, 0) is 49.8 Å². The topological polar surface area (TPSA) is 30.3 Å². The van der Waals surface area contributed by atoms with Gasteiger partial charge in [0.1, 0.15) is 18.1 Å². The van der Waals surface area contributed by atoms with E-state index < -0.39 is 11.9 Å². The van der Waals surface area contributed by atoms with Crippen molar-refractivity contribution < 1.29 is 17.9 Å². The first-order valence-corrected chi connectivity index (χ1v) is 8.02. The van der Waals surface area contributed by atoms with Crippen LogP contribution in [-0.4, -0.2) is 40.9 Å². The van der Waals surface area contributed by atoms with Crippen LogP contribution in [0.4, 0.5) is 13.2 Å². The molecule has 0 radical (unpaired) electrons. The van der Waals surface area contributed by atoms with Gasteiger partial charge in [0.25, 0.3) is 0 Å². The van der Waals surface area contributed by atoms with Crippen molar-refractivity contribution in [3.05, 3.63) is 42.2 Å². The van der Waals surface area contributed by atoms with E-state index in [0.717, 1.165) is 43.0 Å². The summed E-state index contributed by atoms with van der Waals surface area (Å²) in [6.45, 7) is 7.60. The molecule has 7 heteroatoms. The minimum Gasteiger partial charge on any atom is -0.492 e. The van der Waals surface area contributed by atoms with Crippen molar-refractivity contribution >= 4 is 0 Å². The van der Waals surface area contributed by atoms with Crippen molar-refractivity contribution in [1.82, 2.24) is 14.7 Å². The molecule has 0 amide bonds. The van der Waals surface area contributed by atoms with E-state index in [0.29, 0.717) is 18.0 Å². The molecule has 132 valence electrons. The average Bonchev–Trinajstić information content (AvgIpc) is 3.04. The fourth-order valence-corrected chi connectivity index (χ4v) is 2.44. The molecular formula is C17H22F3N3O. The number of hydrogen-bond acceptors (Lipinski definition) is 3. The summed E-state index contributed by atoms with van der Waals surface area (Å²) in [5.41, 5.74) is -0.449. The van der Waals surface area contributed by atoms with Gasteiger partial charge in [-0.1, -0.05) is 13.8 Å². The summed E-state index contributed by atoms with van der Waals surface area (Å²) < 4.78 is 45.2. The Labute approximate surface area is 139 Å². The van der Waals surface area contributed by atoms with Crippen LogP contribution in [-0.2, 0) is 6.18 Å². The van der Waals surface area contributed by atoms with Crippen LogP contribution in [0.2, 0.25) is 0 Å². The smallest absolute Gasteiger partial charge is 0.433 e. The first-order chi connectivity index (χ1) is 11.5. The van der Waals surface area contributed by atoms with Crippen LogP contribution in [0.1, 0.15) is 26.0 Å². The highest BCUT2D eigenvalue weighted by Gasteiger charge is 2.35. The van der Waals surface area contributed by atoms with Gasteiger partial charge in [-0.2, -0.15) is 18.3 Å². The zero-order chi connectivity index (χ0) is 17.6. The van der Waals surface area contributed by atoms with E-state index in [1.165, 1.54) is 0 Å². The molecule has 0 spiro atoms. The number of aromatic nitrogens is 2. The quantitative estimate of drug-likeness (QED) is 0.727. The van der Waals surface area contributed by atoms with E-state index in [1.54, 1.807) is 24.3 Å². The molecule has 4 nitrogen and oxygen atoms in total. The van der Waals surface area contributed by atoms with E-state index in [-0.39, 0.29) is 0 Å². The van der Waals surface area contributed by atoms with Crippen molar-refractivity contribution in [2.24, 2.45) is 0 Å². The predicted molar refractivity (Wildman–Crippen MR) is 86.5 cm³/mol. The minimum absolute atomic E-state index is 0.348. The predicted octanol–water partition coefficient (Wildman–Crippen LogP) is 4.00. The lowest BCUT2D eigenvalue weighted by molar-refractivity contribution is -0.142. The second kappa shape index (κ2) is 8.19. The summed E-state index contributed by atoms with van der Waals surface area (Å²) in [4.78, 5) is 2.29. The molecule has 0 aliphatic heterocycles. The number of ether oxygens (including phenoxy) is 1. The normalized spacial score (nSPS) is 11.9. The minimum atomic E-state index is -4.44. The number of halogens is 3. The maximum atomic E-state index is 12.9. The van der Waals surface area contributed by atoms with Crippen LogP contribution in [0.25, 0.3) is 5.69 Å². The molecule has 2 aromatic rings. The summed E-state index contributed by atoms with van der Waals surface area (Å²) in [6, 6.07) is 7.42. The third kappa shape index (κ3) is 4.74. The maximum Gasteiger partial charge on any atom is 0.433 e. The van der Waals surface area contributed by atoms with E-state index in [9.17, 15) is 13.2 Å². The molecule has 1 aromatic carbocycles. The van der Waals surface area contributed by atoms with E-state index in [2.05, 4.69) is 23.8 Å². The highest BCUT2D eigenvalue weighted by molar-refractivity contribution is 5.38. The molecule has 24 heavy (non-hydrogen) atoms. The molecule has 2 rings (SSSR count). The molecular weight excluding hydrogens is 319 g/mol. The van der Waals surface area contributed by atoms with Gasteiger partial charge in [0, 0.05) is 6.54 Å². The SMILES string of the molecule is CCCN(CC)CCOc1ccc(-n2nccc2C(F)(F)F)cc1. The van der Waals surface area contributed by atoms with Crippen LogP contribution in [0.5, 0.6) is 5.75 Å². The zero-order valence-electron chi connectivity index (χ0n) is 13.9. The number of benzene rings is 1. The second-order valence-electron chi connectivity index (χ2n) is 5.40. The standard InChI is InChI=1S/C17H22F3N3O/c1-3-11-22(4-2)12-13-24-15-7-5-14(6-8-15)23-16(9-10-21-23)17(18,19)20/h5-10H,3-4,11-13H2,1-2H3. The Morgan fingerprint density at radius 2 is 1.79 bits per heavy atom. The lowest BCUT2D eigenvalue weighted by Gasteiger charge is -2.19. The Bertz CT molecular complexity index is 623. The molecule has 0 N–H and O–H groups in total. The Morgan fingerprint density at radius 1 is 1.08 bits per heavy atom. The summed E-state index contributed by atoms with van der Waals surface area (Å²) in [6.07, 6.45) is -2.21. The van der Waals surface area contributed by atoms with Gasteiger partial charge in [0.05, 0.1) is 11.9 Å². The van der Waals surface area contributed by atoms with Gasteiger partial charge < -0.3 is 9.64 Å². The monoisotopic (exact) mass is 341 g/mol. The molecule has 1 aromatic heterocycles. The number of nitrogens with zero attached hydrogens (tertiary/aromatic N) is 3. The Hall–Kier alpha value is -2.02. The third-order valence-corrected chi connectivity index (χ3v) is 3.68. The second-order valence-corrected chi connectivity index (χ2v) is 5.40. The largest absolute Gasteiger partial charge is 0.492 e. The van der Waals surface area contributed by atoms with Crippen LogP contribution in [0, 0.1) is 0 Å². The summed E-state index contributed by atoms with van der Waals surface area (Å²) in [7, 11) is 0. The molecule has 1 heterocycles. The maximum absolute atomic E-state index is 12.9. The molecule has 0 saturated carbocycles. The van der Waals surface area contributed by atoms with Gasteiger partial charge >= 0.3 is 6.18 Å². The lowest BCUT2D eigenvalue weighted by Crippen LogP contribution is -2.28. The number of hydrogen-bond donors (Lipinski definition) is 0. The number of likely N-dealkylation sites (N-methyl/N-ethyl adjacent to an activating group) is 1. The van der Waals surface area contributed by atoms with Crippen molar-refractivity contribution in [2.75, 3.05) is 26.2 Å². The number of rotatable bonds is 8. The van der Waals surface area contributed by atoms with Crippen LogP contribution < -0.4 is 4.74 Å². The van der Waals surface area contributed by atoms with Gasteiger partial charge in [0.2, 0.25) is 0 Å².